The summed E-state index contributed by atoms with van der Waals surface area (Å²) >= 11 is 1.10. The van der Waals surface area contributed by atoms with Crippen molar-refractivity contribution in [3.05, 3.63) is 40.9 Å². The van der Waals surface area contributed by atoms with Gasteiger partial charge in [-0.2, -0.15) is 0 Å². The number of carboxylic acids is 1. The standard InChI is InChI=1S/C13H12N2O5S2/c1-22(19,20)10-4-2-3-8(5-10)12(18)15-13-14-9(7-21-13)6-11(16)17/h2-5,7H,6H2,1H3,(H,16,17)(H,14,15,18). The third-order valence-corrected chi connectivity index (χ3v) is 4.55. The number of hydrogen-bond acceptors (Lipinski definition) is 6. The first-order valence-electron chi connectivity index (χ1n) is 6.03. The van der Waals surface area contributed by atoms with Crippen LogP contribution in [0.15, 0.2) is 34.5 Å². The minimum atomic E-state index is -3.40. The Morgan fingerprint density at radius 1 is 1.36 bits per heavy atom. The predicted molar refractivity (Wildman–Crippen MR) is 81.0 cm³/mol. The van der Waals surface area contributed by atoms with E-state index in [1.165, 1.54) is 29.6 Å². The van der Waals surface area contributed by atoms with Crippen LogP contribution in [-0.2, 0) is 21.1 Å². The van der Waals surface area contributed by atoms with Crippen molar-refractivity contribution < 1.29 is 23.1 Å². The number of nitrogens with zero attached hydrogens (tertiary/aromatic N) is 1. The molecular formula is C13H12N2O5S2. The van der Waals surface area contributed by atoms with Crippen LogP contribution in [0.2, 0.25) is 0 Å². The van der Waals surface area contributed by atoms with E-state index < -0.39 is 21.7 Å². The van der Waals surface area contributed by atoms with Gasteiger partial charge in [0.15, 0.2) is 15.0 Å². The van der Waals surface area contributed by atoms with Gasteiger partial charge in [0.25, 0.3) is 5.91 Å². The molecule has 0 aliphatic carbocycles. The summed E-state index contributed by atoms with van der Waals surface area (Å²) in [6, 6.07) is 5.63. The number of thiazole rings is 1. The summed E-state index contributed by atoms with van der Waals surface area (Å²) in [5.41, 5.74) is 0.524. The Morgan fingerprint density at radius 3 is 2.73 bits per heavy atom. The van der Waals surface area contributed by atoms with Gasteiger partial charge in [-0.3, -0.25) is 14.9 Å². The van der Waals surface area contributed by atoms with Crippen LogP contribution in [0.1, 0.15) is 16.1 Å². The lowest BCUT2D eigenvalue weighted by molar-refractivity contribution is -0.136. The van der Waals surface area contributed by atoms with Gasteiger partial charge in [0.05, 0.1) is 17.0 Å². The molecular weight excluding hydrogens is 328 g/mol. The lowest BCUT2D eigenvalue weighted by Crippen LogP contribution is -2.12. The van der Waals surface area contributed by atoms with Gasteiger partial charge in [0.2, 0.25) is 0 Å². The minimum absolute atomic E-state index is 0.0471. The van der Waals surface area contributed by atoms with E-state index >= 15 is 0 Å². The molecule has 0 fully saturated rings. The molecule has 0 aliphatic rings. The van der Waals surface area contributed by atoms with E-state index in [4.69, 9.17) is 5.11 Å². The molecule has 7 nitrogen and oxygen atoms in total. The van der Waals surface area contributed by atoms with E-state index in [9.17, 15) is 18.0 Å². The third kappa shape index (κ3) is 4.12. The van der Waals surface area contributed by atoms with E-state index in [1.807, 2.05) is 0 Å². The molecule has 0 radical (unpaired) electrons. The van der Waals surface area contributed by atoms with Crippen LogP contribution in [0.4, 0.5) is 5.13 Å². The first-order chi connectivity index (χ1) is 10.3. The highest BCUT2D eigenvalue weighted by Gasteiger charge is 2.13. The number of carbonyl (C=O) groups is 2. The summed E-state index contributed by atoms with van der Waals surface area (Å²) in [5.74, 6) is -1.52. The second-order valence-corrected chi connectivity index (χ2v) is 7.34. The number of rotatable bonds is 5. The van der Waals surface area contributed by atoms with Crippen LogP contribution < -0.4 is 5.32 Å². The highest BCUT2D eigenvalue weighted by Crippen LogP contribution is 2.18. The Labute approximate surface area is 130 Å². The van der Waals surface area contributed by atoms with Crippen molar-refractivity contribution in [2.75, 3.05) is 11.6 Å². The number of aromatic nitrogens is 1. The first kappa shape index (κ1) is 16.1. The third-order valence-electron chi connectivity index (χ3n) is 2.63. The van der Waals surface area contributed by atoms with Gasteiger partial charge in [-0.05, 0) is 18.2 Å². The van der Waals surface area contributed by atoms with Crippen molar-refractivity contribution in [3.63, 3.8) is 0 Å². The van der Waals surface area contributed by atoms with Crippen molar-refractivity contribution in [3.8, 4) is 0 Å². The molecule has 116 valence electrons. The molecule has 0 saturated carbocycles. The lowest BCUT2D eigenvalue weighted by atomic mass is 10.2. The van der Waals surface area contributed by atoms with Crippen molar-refractivity contribution in [2.45, 2.75) is 11.3 Å². The average Bonchev–Trinajstić information content (AvgIpc) is 2.84. The maximum absolute atomic E-state index is 12.1. The number of nitrogens with one attached hydrogen (secondary N) is 1. The number of anilines is 1. The zero-order valence-electron chi connectivity index (χ0n) is 11.4. The molecule has 1 amide bonds. The second kappa shape index (κ2) is 6.24. The molecule has 2 N–H and O–H groups in total. The largest absolute Gasteiger partial charge is 0.481 e. The predicted octanol–water partition coefficient (Wildman–Crippen LogP) is 1.43. The summed E-state index contributed by atoms with van der Waals surface area (Å²) in [4.78, 5) is 26.7. The SMILES string of the molecule is CS(=O)(=O)c1cccc(C(=O)Nc2nc(CC(=O)O)cs2)c1. The number of hydrogen-bond donors (Lipinski definition) is 2. The monoisotopic (exact) mass is 340 g/mol. The maximum Gasteiger partial charge on any atom is 0.309 e. The van der Waals surface area contributed by atoms with Gasteiger partial charge in [-0.15, -0.1) is 11.3 Å². The summed E-state index contributed by atoms with van der Waals surface area (Å²) in [6.45, 7) is 0. The fourth-order valence-corrected chi connectivity index (χ4v) is 3.01. The van der Waals surface area contributed by atoms with Crippen LogP contribution in [0.5, 0.6) is 0 Å². The fourth-order valence-electron chi connectivity index (χ4n) is 1.64. The van der Waals surface area contributed by atoms with E-state index in [0.717, 1.165) is 17.6 Å². The molecule has 9 heteroatoms. The fraction of sp³-hybridized carbons (Fsp3) is 0.154. The van der Waals surface area contributed by atoms with Crippen LogP contribution in [0, 0.1) is 0 Å². The molecule has 0 spiro atoms. The smallest absolute Gasteiger partial charge is 0.309 e. The zero-order valence-corrected chi connectivity index (χ0v) is 13.1. The van der Waals surface area contributed by atoms with E-state index in [-0.39, 0.29) is 22.0 Å². The summed E-state index contributed by atoms with van der Waals surface area (Å²) in [5, 5.41) is 13.0. The highest BCUT2D eigenvalue weighted by molar-refractivity contribution is 7.90. The Bertz CT molecular complexity index is 826. The van der Waals surface area contributed by atoms with Crippen molar-refractivity contribution >= 4 is 38.2 Å². The minimum Gasteiger partial charge on any atom is -0.481 e. The number of carboxylic acid groups (broad SMARTS) is 1. The Hall–Kier alpha value is -2.26. The average molecular weight is 340 g/mol. The van der Waals surface area contributed by atoms with Crippen molar-refractivity contribution in [1.29, 1.82) is 0 Å². The summed E-state index contributed by atoms with van der Waals surface area (Å²) < 4.78 is 22.9. The Balaban J connectivity index is 2.16. The highest BCUT2D eigenvalue weighted by atomic mass is 32.2. The van der Waals surface area contributed by atoms with Crippen molar-refractivity contribution in [2.24, 2.45) is 0 Å². The molecule has 2 aromatic rings. The molecule has 1 heterocycles. The number of carbonyl (C=O) groups excluding carboxylic acids is 1. The topological polar surface area (TPSA) is 113 Å². The van der Waals surface area contributed by atoms with E-state index in [2.05, 4.69) is 10.3 Å². The van der Waals surface area contributed by atoms with E-state index in [0.29, 0.717) is 5.69 Å². The Kier molecular flexibility index (Phi) is 4.57. The van der Waals surface area contributed by atoms with Crippen LogP contribution >= 0.6 is 11.3 Å². The molecule has 22 heavy (non-hydrogen) atoms. The Morgan fingerprint density at radius 2 is 2.09 bits per heavy atom. The van der Waals surface area contributed by atoms with Gasteiger partial charge < -0.3 is 5.11 Å². The number of sulfone groups is 1. The number of amides is 1. The molecule has 1 aromatic heterocycles. The summed E-state index contributed by atoms with van der Waals surface area (Å²) in [7, 11) is -3.40. The van der Waals surface area contributed by atoms with Crippen molar-refractivity contribution in [1.82, 2.24) is 4.98 Å². The summed E-state index contributed by atoms with van der Waals surface area (Å²) in [6.07, 6.45) is 0.832. The van der Waals surface area contributed by atoms with Crippen LogP contribution in [-0.4, -0.2) is 36.6 Å². The second-order valence-electron chi connectivity index (χ2n) is 4.47. The van der Waals surface area contributed by atoms with E-state index in [1.54, 1.807) is 0 Å². The van der Waals surface area contributed by atoms with Gasteiger partial charge in [0.1, 0.15) is 0 Å². The molecule has 0 unspecified atom stereocenters. The lowest BCUT2D eigenvalue weighted by Gasteiger charge is -2.04. The van der Waals surface area contributed by atoms with Gasteiger partial charge >= 0.3 is 5.97 Å². The number of benzene rings is 1. The molecule has 1 aromatic carbocycles. The van der Waals surface area contributed by atoms with Crippen LogP contribution in [0.25, 0.3) is 0 Å². The number of aliphatic carboxylic acids is 1. The normalized spacial score (nSPS) is 11.1. The molecule has 0 atom stereocenters. The first-order valence-corrected chi connectivity index (χ1v) is 8.80. The van der Waals surface area contributed by atoms with Gasteiger partial charge in [-0.25, -0.2) is 13.4 Å². The molecule has 0 bridgehead atoms. The van der Waals surface area contributed by atoms with Gasteiger partial charge in [-0.1, -0.05) is 6.07 Å². The van der Waals surface area contributed by atoms with Gasteiger partial charge in [0, 0.05) is 17.2 Å². The van der Waals surface area contributed by atoms with Crippen LogP contribution in [0.3, 0.4) is 0 Å². The molecule has 0 aliphatic heterocycles. The zero-order chi connectivity index (χ0) is 16.3. The molecule has 2 rings (SSSR count). The maximum atomic E-state index is 12.1. The molecule has 0 saturated heterocycles. The quantitative estimate of drug-likeness (QED) is 0.851.